The van der Waals surface area contributed by atoms with Gasteiger partial charge in [-0.2, -0.15) is 5.10 Å². The molecule has 0 fully saturated rings. The third-order valence-corrected chi connectivity index (χ3v) is 7.03. The van der Waals surface area contributed by atoms with E-state index in [1.54, 1.807) is 11.3 Å². The van der Waals surface area contributed by atoms with E-state index < -0.39 is 0 Å². The Morgan fingerprint density at radius 3 is 2.53 bits per heavy atom. The van der Waals surface area contributed by atoms with Gasteiger partial charge in [-0.1, -0.05) is 54.6 Å². The van der Waals surface area contributed by atoms with Crippen LogP contribution in [0.1, 0.15) is 16.8 Å². The monoisotopic (exact) mass is 465 g/mol. The molecule has 0 aliphatic carbocycles. The minimum absolute atomic E-state index is 0.0491. The van der Waals surface area contributed by atoms with Crippen molar-refractivity contribution in [2.75, 3.05) is 6.54 Å². The number of nitrogens with one attached hydrogen (secondary N) is 1. The molecule has 1 aliphatic rings. The fraction of sp³-hybridized carbons (Fsp3) is 0.148. The molecule has 0 unspecified atom stereocenters. The predicted octanol–water partition coefficient (Wildman–Crippen LogP) is 4.91. The van der Waals surface area contributed by atoms with E-state index in [0.717, 1.165) is 58.2 Å². The highest BCUT2D eigenvalue weighted by Crippen LogP contribution is 2.29. The van der Waals surface area contributed by atoms with E-state index >= 15 is 0 Å². The molecular weight excluding hydrogens is 442 g/mol. The number of aromatic amines is 1. The van der Waals surface area contributed by atoms with E-state index in [9.17, 15) is 4.79 Å². The van der Waals surface area contributed by atoms with Gasteiger partial charge in [0.2, 0.25) is 0 Å². The number of rotatable bonds is 5. The maximum Gasteiger partial charge on any atom is 0.255 e. The van der Waals surface area contributed by atoms with Crippen molar-refractivity contribution in [2.45, 2.75) is 19.5 Å². The molecule has 0 saturated heterocycles. The Bertz CT molecular complexity index is 1470. The highest BCUT2D eigenvalue weighted by Gasteiger charge is 2.24. The van der Waals surface area contributed by atoms with Gasteiger partial charge in [0.25, 0.3) is 5.56 Å². The number of thiophene rings is 1. The Labute approximate surface area is 201 Å². The van der Waals surface area contributed by atoms with E-state index in [0.29, 0.717) is 12.4 Å². The standard InChI is InChI=1S/C27H23N5OS/c33-27-22-18-31(14-13-23(22)28-26(29-27)19-8-3-1-4-9-19)16-20-17-32(21-10-5-2-6-11-21)30-25(20)24-12-7-15-34-24/h1-12,15,17H,13-14,16,18H2,(H,28,29,33). The summed E-state index contributed by atoms with van der Waals surface area (Å²) in [6.07, 6.45) is 2.86. The molecule has 3 aromatic heterocycles. The summed E-state index contributed by atoms with van der Waals surface area (Å²) < 4.78 is 1.95. The summed E-state index contributed by atoms with van der Waals surface area (Å²) in [4.78, 5) is 24.2. The van der Waals surface area contributed by atoms with Gasteiger partial charge in [0.15, 0.2) is 0 Å². The van der Waals surface area contributed by atoms with E-state index in [2.05, 4.69) is 45.7 Å². The first-order chi connectivity index (χ1) is 16.7. The highest BCUT2D eigenvalue weighted by atomic mass is 32.1. The van der Waals surface area contributed by atoms with Gasteiger partial charge in [-0.05, 0) is 23.6 Å². The lowest BCUT2D eigenvalue weighted by Gasteiger charge is -2.27. The average molecular weight is 466 g/mol. The lowest BCUT2D eigenvalue weighted by Crippen LogP contribution is -2.35. The highest BCUT2D eigenvalue weighted by molar-refractivity contribution is 7.13. The molecule has 2 aromatic carbocycles. The summed E-state index contributed by atoms with van der Waals surface area (Å²) in [6, 6.07) is 24.1. The van der Waals surface area contributed by atoms with Crippen LogP contribution in [-0.4, -0.2) is 31.2 Å². The number of aromatic nitrogens is 4. The Kier molecular flexibility index (Phi) is 5.41. The fourth-order valence-electron chi connectivity index (χ4n) is 4.45. The molecule has 1 aliphatic heterocycles. The average Bonchev–Trinajstić information content (AvgIpc) is 3.56. The number of nitrogens with zero attached hydrogens (tertiary/aromatic N) is 4. The van der Waals surface area contributed by atoms with Gasteiger partial charge < -0.3 is 4.98 Å². The number of hydrogen-bond donors (Lipinski definition) is 1. The van der Waals surface area contributed by atoms with Crippen LogP contribution >= 0.6 is 11.3 Å². The summed E-state index contributed by atoms with van der Waals surface area (Å²) in [5.41, 5.74) is 5.72. The second kappa shape index (κ2) is 8.85. The second-order valence-corrected chi connectivity index (χ2v) is 9.37. The van der Waals surface area contributed by atoms with Crippen LogP contribution < -0.4 is 5.56 Å². The molecule has 0 spiro atoms. The lowest BCUT2D eigenvalue weighted by atomic mass is 10.1. The quantitative estimate of drug-likeness (QED) is 0.401. The number of fused-ring (bicyclic) bond motifs is 1. The zero-order valence-corrected chi connectivity index (χ0v) is 19.3. The molecular formula is C27H23N5OS. The van der Waals surface area contributed by atoms with Crippen molar-refractivity contribution in [1.29, 1.82) is 0 Å². The first-order valence-corrected chi connectivity index (χ1v) is 12.2. The van der Waals surface area contributed by atoms with Crippen molar-refractivity contribution >= 4 is 11.3 Å². The van der Waals surface area contributed by atoms with Crippen molar-refractivity contribution in [3.63, 3.8) is 0 Å². The van der Waals surface area contributed by atoms with Crippen LogP contribution in [0.5, 0.6) is 0 Å². The molecule has 0 bridgehead atoms. The van der Waals surface area contributed by atoms with Crippen molar-refractivity contribution in [3.8, 4) is 27.6 Å². The van der Waals surface area contributed by atoms with Gasteiger partial charge >= 0.3 is 0 Å². The minimum Gasteiger partial charge on any atom is -0.306 e. The smallest absolute Gasteiger partial charge is 0.255 e. The van der Waals surface area contributed by atoms with Crippen molar-refractivity contribution < 1.29 is 0 Å². The number of hydrogen-bond acceptors (Lipinski definition) is 5. The molecule has 168 valence electrons. The summed E-state index contributed by atoms with van der Waals surface area (Å²) in [7, 11) is 0. The second-order valence-electron chi connectivity index (χ2n) is 8.43. The van der Waals surface area contributed by atoms with Crippen molar-refractivity contribution in [3.05, 3.63) is 112 Å². The molecule has 5 aromatic rings. The number of benzene rings is 2. The topological polar surface area (TPSA) is 66.8 Å². The Morgan fingerprint density at radius 2 is 1.76 bits per heavy atom. The zero-order valence-electron chi connectivity index (χ0n) is 18.5. The molecule has 6 nitrogen and oxygen atoms in total. The van der Waals surface area contributed by atoms with Crippen LogP contribution in [0.3, 0.4) is 0 Å². The van der Waals surface area contributed by atoms with Crippen LogP contribution in [0.2, 0.25) is 0 Å². The molecule has 4 heterocycles. The third kappa shape index (κ3) is 4.00. The van der Waals surface area contributed by atoms with E-state index in [1.165, 1.54) is 0 Å². The molecule has 0 radical (unpaired) electrons. The molecule has 0 saturated carbocycles. The summed E-state index contributed by atoms with van der Waals surface area (Å²) >= 11 is 1.69. The SMILES string of the molecule is O=c1[nH]c(-c2ccccc2)nc2c1CN(Cc1cn(-c3ccccc3)nc1-c1cccs1)CC2. The normalized spacial score (nSPS) is 13.6. The van der Waals surface area contributed by atoms with Crippen molar-refractivity contribution in [2.24, 2.45) is 0 Å². The van der Waals surface area contributed by atoms with E-state index in [4.69, 9.17) is 10.1 Å². The van der Waals surface area contributed by atoms with Gasteiger partial charge in [0, 0.05) is 43.4 Å². The van der Waals surface area contributed by atoms with Crippen LogP contribution in [0.25, 0.3) is 27.6 Å². The molecule has 7 heteroatoms. The van der Waals surface area contributed by atoms with E-state index in [-0.39, 0.29) is 5.56 Å². The maximum absolute atomic E-state index is 13.0. The summed E-state index contributed by atoms with van der Waals surface area (Å²) in [6.45, 7) is 2.14. The maximum atomic E-state index is 13.0. The Balaban J connectivity index is 1.30. The minimum atomic E-state index is -0.0491. The van der Waals surface area contributed by atoms with Gasteiger partial charge in [-0.15, -0.1) is 11.3 Å². The van der Waals surface area contributed by atoms with Crippen LogP contribution in [0.15, 0.2) is 89.2 Å². The number of para-hydroxylation sites is 1. The van der Waals surface area contributed by atoms with Gasteiger partial charge in [-0.3, -0.25) is 9.69 Å². The summed E-state index contributed by atoms with van der Waals surface area (Å²) in [5.74, 6) is 0.641. The number of H-pyrrole nitrogens is 1. The molecule has 6 rings (SSSR count). The molecule has 0 amide bonds. The zero-order chi connectivity index (χ0) is 22.9. The lowest BCUT2D eigenvalue weighted by molar-refractivity contribution is 0.242. The van der Waals surface area contributed by atoms with Crippen LogP contribution in [0, 0.1) is 0 Å². The molecule has 1 N–H and O–H groups in total. The largest absolute Gasteiger partial charge is 0.306 e. The predicted molar refractivity (Wildman–Crippen MR) is 135 cm³/mol. The Morgan fingerprint density at radius 1 is 0.971 bits per heavy atom. The van der Waals surface area contributed by atoms with E-state index in [1.807, 2.05) is 53.2 Å². The molecule has 34 heavy (non-hydrogen) atoms. The third-order valence-electron chi connectivity index (χ3n) is 6.15. The first-order valence-electron chi connectivity index (χ1n) is 11.3. The van der Waals surface area contributed by atoms with Gasteiger partial charge in [0.05, 0.1) is 21.8 Å². The summed E-state index contributed by atoms with van der Waals surface area (Å²) in [5, 5.41) is 6.99. The van der Waals surface area contributed by atoms with Crippen LogP contribution in [0.4, 0.5) is 0 Å². The van der Waals surface area contributed by atoms with Crippen LogP contribution in [-0.2, 0) is 19.5 Å². The molecule has 0 atom stereocenters. The van der Waals surface area contributed by atoms with Crippen molar-refractivity contribution in [1.82, 2.24) is 24.6 Å². The Hall–Kier alpha value is -3.81. The van der Waals surface area contributed by atoms with Gasteiger partial charge in [0.1, 0.15) is 11.5 Å². The van der Waals surface area contributed by atoms with Gasteiger partial charge in [-0.25, -0.2) is 9.67 Å². The first kappa shape index (κ1) is 20.8. The fourth-order valence-corrected chi connectivity index (χ4v) is 5.19.